The molecule has 0 spiro atoms. The Bertz CT molecular complexity index is 867. The molecule has 0 bridgehead atoms. The third-order valence-electron chi connectivity index (χ3n) is 3.61. The van der Waals surface area contributed by atoms with Crippen LogP contribution in [0.1, 0.15) is 22.5 Å². The summed E-state index contributed by atoms with van der Waals surface area (Å²) in [6, 6.07) is 9.05. The van der Waals surface area contributed by atoms with E-state index in [1.807, 2.05) is 12.3 Å². The van der Waals surface area contributed by atoms with Crippen molar-refractivity contribution in [3.8, 4) is 0 Å². The number of aliphatic carboxylic acids is 1. The summed E-state index contributed by atoms with van der Waals surface area (Å²) in [6.45, 7) is 0. The first-order valence-corrected chi connectivity index (χ1v) is 10.4. The molecule has 1 aromatic carbocycles. The van der Waals surface area contributed by atoms with E-state index in [1.165, 1.54) is 30.2 Å². The summed E-state index contributed by atoms with van der Waals surface area (Å²) in [6.07, 6.45) is 4.92. The van der Waals surface area contributed by atoms with Crippen LogP contribution >= 0.6 is 27.7 Å². The smallest absolute Gasteiger partial charge is 0.326 e. The average Bonchev–Trinajstić information content (AvgIpc) is 3.19. The fraction of sp³-hybridized carbons (Fsp3) is 0.211. The number of furan rings is 1. The molecule has 3 N–H and O–H groups in total. The number of amides is 2. The molecule has 0 saturated carbocycles. The van der Waals surface area contributed by atoms with Gasteiger partial charge >= 0.3 is 5.97 Å². The molecule has 7 nitrogen and oxygen atoms in total. The van der Waals surface area contributed by atoms with Crippen LogP contribution in [0.3, 0.4) is 0 Å². The quantitative estimate of drug-likeness (QED) is 0.489. The Balaban J connectivity index is 2.27. The number of thioether (sulfide) groups is 1. The SMILES string of the molecule is CSCCC(NC(=O)/C(=C\c1cccc(Br)c1)NC(=O)c1ccco1)C(=O)O. The van der Waals surface area contributed by atoms with Crippen LogP contribution in [0, 0.1) is 0 Å². The number of carbonyl (C=O) groups is 3. The van der Waals surface area contributed by atoms with Gasteiger partial charge in [-0.25, -0.2) is 4.79 Å². The maximum atomic E-state index is 12.7. The van der Waals surface area contributed by atoms with Gasteiger partial charge in [0.25, 0.3) is 11.8 Å². The van der Waals surface area contributed by atoms with E-state index in [0.717, 1.165) is 4.47 Å². The van der Waals surface area contributed by atoms with Gasteiger partial charge in [-0.05, 0) is 54.3 Å². The van der Waals surface area contributed by atoms with E-state index in [1.54, 1.807) is 24.3 Å². The Hall–Kier alpha value is -2.52. The van der Waals surface area contributed by atoms with Gasteiger partial charge in [-0.2, -0.15) is 11.8 Å². The zero-order valence-corrected chi connectivity index (χ0v) is 17.4. The lowest BCUT2D eigenvalue weighted by molar-refractivity contribution is -0.141. The van der Waals surface area contributed by atoms with Gasteiger partial charge in [-0.1, -0.05) is 28.1 Å². The molecule has 148 valence electrons. The summed E-state index contributed by atoms with van der Waals surface area (Å²) in [5, 5.41) is 14.3. The number of benzene rings is 1. The predicted molar refractivity (Wildman–Crippen MR) is 111 cm³/mol. The number of carboxylic acid groups (broad SMARTS) is 1. The first-order valence-electron chi connectivity index (χ1n) is 8.25. The topological polar surface area (TPSA) is 109 Å². The zero-order chi connectivity index (χ0) is 20.5. The van der Waals surface area contributed by atoms with Crippen molar-refractivity contribution in [2.75, 3.05) is 12.0 Å². The molecule has 1 heterocycles. The van der Waals surface area contributed by atoms with Gasteiger partial charge in [0.15, 0.2) is 5.76 Å². The Morgan fingerprint density at radius 1 is 1.29 bits per heavy atom. The van der Waals surface area contributed by atoms with Crippen LogP contribution in [-0.4, -0.2) is 40.9 Å². The molecular weight excluding hydrogens is 448 g/mol. The number of hydrogen-bond donors (Lipinski definition) is 3. The summed E-state index contributed by atoms with van der Waals surface area (Å²) in [4.78, 5) is 36.4. The minimum atomic E-state index is -1.14. The molecule has 2 amide bonds. The summed E-state index contributed by atoms with van der Waals surface area (Å²) in [7, 11) is 0. The zero-order valence-electron chi connectivity index (χ0n) is 15.0. The van der Waals surface area contributed by atoms with Gasteiger partial charge in [-0.15, -0.1) is 0 Å². The maximum Gasteiger partial charge on any atom is 0.326 e. The van der Waals surface area contributed by atoms with Crippen molar-refractivity contribution < 1.29 is 23.9 Å². The van der Waals surface area contributed by atoms with Crippen molar-refractivity contribution in [3.05, 3.63) is 64.2 Å². The molecule has 0 saturated heterocycles. The molecule has 1 aromatic heterocycles. The van der Waals surface area contributed by atoms with Gasteiger partial charge in [0, 0.05) is 4.47 Å². The van der Waals surface area contributed by atoms with Crippen LogP contribution in [-0.2, 0) is 9.59 Å². The Morgan fingerprint density at radius 2 is 2.07 bits per heavy atom. The molecule has 1 atom stereocenters. The highest BCUT2D eigenvalue weighted by Crippen LogP contribution is 2.15. The molecule has 2 aromatic rings. The molecule has 2 rings (SSSR count). The molecule has 0 aliphatic rings. The highest BCUT2D eigenvalue weighted by Gasteiger charge is 2.23. The normalized spacial score (nSPS) is 12.3. The second kappa shape index (κ2) is 10.7. The second-order valence-corrected chi connectivity index (χ2v) is 7.59. The highest BCUT2D eigenvalue weighted by molar-refractivity contribution is 9.10. The van der Waals surface area contributed by atoms with Crippen LogP contribution in [0.4, 0.5) is 0 Å². The minimum Gasteiger partial charge on any atom is -0.480 e. The molecule has 28 heavy (non-hydrogen) atoms. The van der Waals surface area contributed by atoms with Gasteiger partial charge < -0.3 is 20.2 Å². The molecule has 0 fully saturated rings. The lowest BCUT2D eigenvalue weighted by atomic mass is 10.1. The number of hydrogen-bond acceptors (Lipinski definition) is 5. The number of nitrogens with one attached hydrogen (secondary N) is 2. The third kappa shape index (κ3) is 6.58. The summed E-state index contributed by atoms with van der Waals surface area (Å²) >= 11 is 4.83. The minimum absolute atomic E-state index is 0.0325. The van der Waals surface area contributed by atoms with E-state index in [-0.39, 0.29) is 17.9 Å². The van der Waals surface area contributed by atoms with Gasteiger partial charge in [0.05, 0.1) is 6.26 Å². The van der Waals surface area contributed by atoms with Crippen molar-refractivity contribution in [2.45, 2.75) is 12.5 Å². The van der Waals surface area contributed by atoms with E-state index in [4.69, 9.17) is 4.42 Å². The standard InChI is InChI=1S/C19H19BrN2O5S/c1-28-9-7-14(19(25)26)21-17(23)15(11-12-4-2-5-13(20)10-12)22-18(24)16-6-3-8-27-16/h2-6,8,10-11,14H,7,9H2,1H3,(H,21,23)(H,22,24)(H,25,26)/b15-11+. The lowest BCUT2D eigenvalue weighted by Gasteiger charge is -2.16. The average molecular weight is 467 g/mol. The largest absolute Gasteiger partial charge is 0.480 e. The molecule has 1 unspecified atom stereocenters. The summed E-state index contributed by atoms with van der Waals surface area (Å²) in [5.74, 6) is -1.85. The van der Waals surface area contributed by atoms with Crippen LogP contribution < -0.4 is 10.6 Å². The molecule has 0 aliphatic carbocycles. The second-order valence-electron chi connectivity index (χ2n) is 5.69. The fourth-order valence-electron chi connectivity index (χ4n) is 2.24. The Kier molecular flexibility index (Phi) is 8.34. The van der Waals surface area contributed by atoms with Crippen molar-refractivity contribution in [1.29, 1.82) is 0 Å². The molecular formula is C19H19BrN2O5S. The first kappa shape index (κ1) is 21.8. The van der Waals surface area contributed by atoms with Gasteiger partial charge in [-0.3, -0.25) is 9.59 Å². The van der Waals surface area contributed by atoms with Crippen LogP contribution in [0.2, 0.25) is 0 Å². The molecule has 0 aliphatic heterocycles. The lowest BCUT2D eigenvalue weighted by Crippen LogP contribution is -2.44. The maximum absolute atomic E-state index is 12.7. The summed E-state index contributed by atoms with van der Waals surface area (Å²) in [5.41, 5.74) is 0.560. The van der Waals surface area contributed by atoms with Crippen molar-refractivity contribution in [1.82, 2.24) is 10.6 Å². The highest BCUT2D eigenvalue weighted by atomic mass is 79.9. The van der Waals surface area contributed by atoms with Gasteiger partial charge in [0.2, 0.25) is 0 Å². The Morgan fingerprint density at radius 3 is 2.68 bits per heavy atom. The Labute approximate surface area is 174 Å². The predicted octanol–water partition coefficient (Wildman–Crippen LogP) is 3.14. The van der Waals surface area contributed by atoms with E-state index in [0.29, 0.717) is 11.3 Å². The number of halogens is 1. The van der Waals surface area contributed by atoms with Crippen LogP contribution in [0.5, 0.6) is 0 Å². The van der Waals surface area contributed by atoms with E-state index in [2.05, 4.69) is 26.6 Å². The van der Waals surface area contributed by atoms with Gasteiger partial charge in [0.1, 0.15) is 11.7 Å². The van der Waals surface area contributed by atoms with E-state index >= 15 is 0 Å². The molecule has 0 radical (unpaired) electrons. The monoisotopic (exact) mass is 466 g/mol. The van der Waals surface area contributed by atoms with Crippen molar-refractivity contribution >= 4 is 51.6 Å². The number of carbonyl (C=O) groups excluding carboxylic acids is 2. The fourth-order valence-corrected chi connectivity index (χ4v) is 3.13. The van der Waals surface area contributed by atoms with E-state index < -0.39 is 23.8 Å². The van der Waals surface area contributed by atoms with Crippen molar-refractivity contribution in [2.24, 2.45) is 0 Å². The molecule has 9 heteroatoms. The van der Waals surface area contributed by atoms with Crippen LogP contribution in [0.25, 0.3) is 6.08 Å². The van der Waals surface area contributed by atoms with Crippen molar-refractivity contribution in [3.63, 3.8) is 0 Å². The third-order valence-corrected chi connectivity index (χ3v) is 4.75. The summed E-state index contributed by atoms with van der Waals surface area (Å²) < 4.78 is 5.84. The number of carboxylic acids is 1. The first-order chi connectivity index (χ1) is 13.4. The number of rotatable bonds is 9. The van der Waals surface area contributed by atoms with Crippen LogP contribution in [0.15, 0.2) is 57.2 Å². The van der Waals surface area contributed by atoms with E-state index in [9.17, 15) is 19.5 Å².